The summed E-state index contributed by atoms with van der Waals surface area (Å²) in [5.41, 5.74) is -0.935. The molecule has 110 valence electrons. The van der Waals surface area contributed by atoms with Gasteiger partial charge in [-0.15, -0.1) is 0 Å². The largest absolute Gasteiger partial charge is 0.310 e. The Morgan fingerprint density at radius 3 is 2.50 bits per heavy atom. The molecule has 1 N–H and O–H groups in total. The van der Waals surface area contributed by atoms with Crippen LogP contribution in [-0.2, 0) is 4.79 Å². The molecular formula is C15H24N4O. The third-order valence-electron chi connectivity index (χ3n) is 3.40. The monoisotopic (exact) mass is 276 g/mol. The number of aromatic nitrogens is 2. The minimum Gasteiger partial charge on any atom is -0.310 e. The standard InChI is InChI=1S/C15H24N4O/c1-5-8-15(11-16,9-6-2)14(20)18-13-7-10-17-19(13)12(3)4/h7,10,12H,5-6,8-9H2,1-4H3,(H,18,20). The van der Waals surface area contributed by atoms with Crippen molar-refractivity contribution in [1.82, 2.24) is 9.78 Å². The second-order valence-corrected chi connectivity index (χ2v) is 5.40. The summed E-state index contributed by atoms with van der Waals surface area (Å²) < 4.78 is 1.75. The number of rotatable bonds is 7. The van der Waals surface area contributed by atoms with Gasteiger partial charge in [0, 0.05) is 12.1 Å². The number of nitriles is 1. The van der Waals surface area contributed by atoms with Crippen LogP contribution in [0, 0.1) is 16.7 Å². The van der Waals surface area contributed by atoms with E-state index in [0.717, 1.165) is 12.8 Å². The van der Waals surface area contributed by atoms with Crippen molar-refractivity contribution in [2.75, 3.05) is 5.32 Å². The topological polar surface area (TPSA) is 70.7 Å². The lowest BCUT2D eigenvalue weighted by Crippen LogP contribution is -2.35. The van der Waals surface area contributed by atoms with Crippen LogP contribution >= 0.6 is 0 Å². The number of anilines is 1. The second kappa shape index (κ2) is 7.09. The van der Waals surface area contributed by atoms with Gasteiger partial charge in [-0.2, -0.15) is 10.4 Å². The number of amides is 1. The summed E-state index contributed by atoms with van der Waals surface area (Å²) in [6.45, 7) is 7.98. The molecule has 1 aromatic heterocycles. The second-order valence-electron chi connectivity index (χ2n) is 5.40. The predicted octanol–water partition coefficient (Wildman–Crippen LogP) is 3.51. The lowest BCUT2D eigenvalue weighted by Gasteiger charge is -2.25. The van der Waals surface area contributed by atoms with Crippen LogP contribution in [0.3, 0.4) is 0 Å². The molecule has 0 atom stereocenters. The highest BCUT2D eigenvalue weighted by Gasteiger charge is 2.37. The van der Waals surface area contributed by atoms with Crippen LogP contribution in [0.1, 0.15) is 59.4 Å². The average molecular weight is 276 g/mol. The molecule has 5 heteroatoms. The molecule has 0 aliphatic heterocycles. The van der Waals surface area contributed by atoms with Crippen LogP contribution in [-0.4, -0.2) is 15.7 Å². The van der Waals surface area contributed by atoms with E-state index in [-0.39, 0.29) is 11.9 Å². The summed E-state index contributed by atoms with van der Waals surface area (Å²) in [6.07, 6.45) is 4.44. The fourth-order valence-corrected chi connectivity index (χ4v) is 2.43. The third-order valence-corrected chi connectivity index (χ3v) is 3.40. The molecule has 1 heterocycles. The van der Waals surface area contributed by atoms with Crippen molar-refractivity contribution in [2.24, 2.45) is 5.41 Å². The summed E-state index contributed by atoms with van der Waals surface area (Å²) in [5.74, 6) is 0.433. The van der Waals surface area contributed by atoms with E-state index in [0.29, 0.717) is 18.7 Å². The maximum atomic E-state index is 12.5. The number of carbonyl (C=O) groups excluding carboxylic acids is 1. The fraction of sp³-hybridized carbons (Fsp3) is 0.667. The van der Waals surface area contributed by atoms with Crippen molar-refractivity contribution in [1.29, 1.82) is 5.26 Å². The number of hydrogen-bond donors (Lipinski definition) is 1. The molecule has 1 aromatic rings. The van der Waals surface area contributed by atoms with Crippen LogP contribution in [0.2, 0.25) is 0 Å². The Bertz CT molecular complexity index is 478. The van der Waals surface area contributed by atoms with Gasteiger partial charge < -0.3 is 5.32 Å². The molecule has 0 radical (unpaired) electrons. The van der Waals surface area contributed by atoms with Crippen molar-refractivity contribution in [2.45, 2.75) is 59.4 Å². The van der Waals surface area contributed by atoms with Crippen LogP contribution in [0.25, 0.3) is 0 Å². The van der Waals surface area contributed by atoms with E-state index >= 15 is 0 Å². The maximum absolute atomic E-state index is 12.5. The van der Waals surface area contributed by atoms with Gasteiger partial charge in [0.1, 0.15) is 11.2 Å². The molecule has 0 saturated carbocycles. The highest BCUT2D eigenvalue weighted by atomic mass is 16.2. The van der Waals surface area contributed by atoms with Crippen LogP contribution < -0.4 is 5.32 Å². The molecule has 0 unspecified atom stereocenters. The van der Waals surface area contributed by atoms with Crippen LogP contribution in [0.5, 0.6) is 0 Å². The molecule has 0 fully saturated rings. The number of nitrogens with zero attached hydrogens (tertiary/aromatic N) is 3. The van der Waals surface area contributed by atoms with E-state index in [1.54, 1.807) is 16.9 Å². The van der Waals surface area contributed by atoms with Gasteiger partial charge in [0.15, 0.2) is 0 Å². The van der Waals surface area contributed by atoms with Gasteiger partial charge in [-0.1, -0.05) is 26.7 Å². The minimum absolute atomic E-state index is 0.161. The number of carbonyl (C=O) groups is 1. The summed E-state index contributed by atoms with van der Waals surface area (Å²) in [5, 5.41) is 16.5. The van der Waals surface area contributed by atoms with E-state index in [9.17, 15) is 10.1 Å². The average Bonchev–Trinajstić information content (AvgIpc) is 2.86. The fourth-order valence-electron chi connectivity index (χ4n) is 2.43. The van der Waals surface area contributed by atoms with E-state index in [1.165, 1.54) is 0 Å². The summed E-state index contributed by atoms with van der Waals surface area (Å²) in [4.78, 5) is 12.5. The highest BCUT2D eigenvalue weighted by Crippen LogP contribution is 2.31. The van der Waals surface area contributed by atoms with Gasteiger partial charge >= 0.3 is 0 Å². The zero-order chi connectivity index (χ0) is 15.2. The first-order valence-corrected chi connectivity index (χ1v) is 7.27. The Morgan fingerprint density at radius 2 is 2.05 bits per heavy atom. The van der Waals surface area contributed by atoms with E-state index in [1.807, 2.05) is 27.7 Å². The first kappa shape index (κ1) is 16.2. The van der Waals surface area contributed by atoms with Crippen molar-refractivity contribution in [3.63, 3.8) is 0 Å². The first-order chi connectivity index (χ1) is 9.50. The van der Waals surface area contributed by atoms with Gasteiger partial charge in [-0.25, -0.2) is 4.68 Å². The molecule has 20 heavy (non-hydrogen) atoms. The molecule has 1 rings (SSSR count). The zero-order valence-corrected chi connectivity index (χ0v) is 12.8. The van der Waals surface area contributed by atoms with Crippen molar-refractivity contribution >= 4 is 11.7 Å². The quantitative estimate of drug-likeness (QED) is 0.828. The first-order valence-electron chi connectivity index (χ1n) is 7.27. The van der Waals surface area contributed by atoms with Crippen molar-refractivity contribution in [3.05, 3.63) is 12.3 Å². The van der Waals surface area contributed by atoms with Gasteiger partial charge in [-0.05, 0) is 26.7 Å². The molecule has 1 amide bonds. The molecule has 0 bridgehead atoms. The van der Waals surface area contributed by atoms with Crippen LogP contribution in [0.15, 0.2) is 12.3 Å². The zero-order valence-electron chi connectivity index (χ0n) is 12.8. The number of nitrogens with one attached hydrogen (secondary N) is 1. The van der Waals surface area contributed by atoms with Gasteiger partial charge in [0.05, 0.1) is 12.3 Å². The van der Waals surface area contributed by atoms with E-state index < -0.39 is 5.41 Å². The molecule has 0 saturated heterocycles. The van der Waals surface area contributed by atoms with Gasteiger partial charge in [0.25, 0.3) is 0 Å². The van der Waals surface area contributed by atoms with Crippen LogP contribution in [0.4, 0.5) is 5.82 Å². The Kier molecular flexibility index (Phi) is 5.75. The summed E-state index contributed by atoms with van der Waals surface area (Å²) in [6, 6.07) is 4.16. The van der Waals surface area contributed by atoms with E-state index in [2.05, 4.69) is 16.5 Å². The van der Waals surface area contributed by atoms with E-state index in [4.69, 9.17) is 0 Å². The third kappa shape index (κ3) is 3.38. The molecule has 0 aliphatic carbocycles. The molecule has 0 aromatic carbocycles. The molecule has 0 aliphatic rings. The van der Waals surface area contributed by atoms with Crippen molar-refractivity contribution < 1.29 is 4.79 Å². The Morgan fingerprint density at radius 1 is 1.45 bits per heavy atom. The lowest BCUT2D eigenvalue weighted by molar-refractivity contribution is -0.123. The maximum Gasteiger partial charge on any atom is 0.245 e. The normalized spacial score (nSPS) is 11.4. The molecular weight excluding hydrogens is 252 g/mol. The smallest absolute Gasteiger partial charge is 0.245 e. The SMILES string of the molecule is CCCC(C#N)(CCC)C(=O)Nc1ccnn1C(C)C. The minimum atomic E-state index is -0.935. The summed E-state index contributed by atoms with van der Waals surface area (Å²) in [7, 11) is 0. The van der Waals surface area contributed by atoms with Gasteiger partial charge in [-0.3, -0.25) is 4.79 Å². The summed E-state index contributed by atoms with van der Waals surface area (Å²) >= 11 is 0. The molecule has 5 nitrogen and oxygen atoms in total. The number of hydrogen-bond acceptors (Lipinski definition) is 3. The Balaban J connectivity index is 2.97. The predicted molar refractivity (Wildman–Crippen MR) is 79.1 cm³/mol. The Hall–Kier alpha value is -1.83. The Labute approximate surface area is 121 Å². The molecule has 0 spiro atoms. The van der Waals surface area contributed by atoms with Crippen molar-refractivity contribution in [3.8, 4) is 6.07 Å². The lowest BCUT2D eigenvalue weighted by atomic mass is 9.80. The highest BCUT2D eigenvalue weighted by molar-refractivity contribution is 5.96. The van der Waals surface area contributed by atoms with Gasteiger partial charge in [0.2, 0.25) is 5.91 Å².